The summed E-state index contributed by atoms with van der Waals surface area (Å²) in [5, 5.41) is 20.8. The zero-order valence-corrected chi connectivity index (χ0v) is 12.2. The van der Waals surface area contributed by atoms with Gasteiger partial charge in [-0.25, -0.2) is 9.59 Å². The number of nitrogens with zero attached hydrogens (tertiary/aromatic N) is 1. The molecule has 1 rings (SSSR count). The van der Waals surface area contributed by atoms with Crippen molar-refractivity contribution in [3.05, 3.63) is 0 Å². The van der Waals surface area contributed by atoms with Gasteiger partial charge < -0.3 is 25.2 Å². The van der Waals surface area contributed by atoms with Crippen molar-refractivity contribution in [2.24, 2.45) is 5.92 Å². The molecule has 0 spiro atoms. The summed E-state index contributed by atoms with van der Waals surface area (Å²) >= 11 is 0. The van der Waals surface area contributed by atoms with Gasteiger partial charge in [-0.15, -0.1) is 0 Å². The van der Waals surface area contributed by atoms with Crippen LogP contribution in [0.15, 0.2) is 0 Å². The zero-order valence-electron chi connectivity index (χ0n) is 12.2. The summed E-state index contributed by atoms with van der Waals surface area (Å²) in [4.78, 5) is 24.9. The van der Waals surface area contributed by atoms with Crippen LogP contribution in [0.2, 0.25) is 0 Å². The van der Waals surface area contributed by atoms with Gasteiger partial charge in [-0.3, -0.25) is 0 Å². The molecule has 3 N–H and O–H groups in total. The lowest BCUT2D eigenvalue weighted by Gasteiger charge is -2.37. The minimum Gasteiger partial charge on any atom is -0.480 e. The molecule has 3 unspecified atom stereocenters. The number of hydrogen-bond acceptors (Lipinski definition) is 4. The van der Waals surface area contributed by atoms with Crippen molar-refractivity contribution < 1.29 is 24.5 Å². The molecule has 2 amide bonds. The number of carboxylic acid groups (broad SMARTS) is 1. The second-order valence-corrected chi connectivity index (χ2v) is 5.61. The number of rotatable bonds is 5. The van der Waals surface area contributed by atoms with Crippen LogP contribution < -0.4 is 5.32 Å². The molecule has 0 saturated carbocycles. The van der Waals surface area contributed by atoms with Crippen LogP contribution >= 0.6 is 0 Å². The number of carbonyl (C=O) groups excluding carboxylic acids is 1. The maximum Gasteiger partial charge on any atom is 0.326 e. The topological polar surface area (TPSA) is 99.1 Å². The van der Waals surface area contributed by atoms with Crippen molar-refractivity contribution in [3.63, 3.8) is 0 Å². The first-order valence-corrected chi connectivity index (χ1v) is 6.87. The van der Waals surface area contributed by atoms with Gasteiger partial charge in [-0.05, 0) is 19.3 Å². The Kier molecular flexibility index (Phi) is 6.22. The molecule has 1 aliphatic heterocycles. The lowest BCUT2D eigenvalue weighted by molar-refractivity contribution is -0.139. The largest absolute Gasteiger partial charge is 0.480 e. The first kappa shape index (κ1) is 16.7. The van der Waals surface area contributed by atoms with Crippen molar-refractivity contribution in [3.8, 4) is 0 Å². The van der Waals surface area contributed by atoms with E-state index in [0.717, 1.165) is 0 Å². The number of aliphatic hydroxyl groups is 1. The van der Waals surface area contributed by atoms with Gasteiger partial charge in [0.15, 0.2) is 0 Å². The quantitative estimate of drug-likeness (QED) is 0.674. The summed E-state index contributed by atoms with van der Waals surface area (Å²) in [5.41, 5.74) is 0. The second kappa shape index (κ2) is 7.44. The van der Waals surface area contributed by atoms with Crippen molar-refractivity contribution in [2.75, 3.05) is 19.8 Å². The molecule has 0 aliphatic carbocycles. The van der Waals surface area contributed by atoms with E-state index in [0.29, 0.717) is 13.0 Å². The van der Waals surface area contributed by atoms with Gasteiger partial charge in [0.2, 0.25) is 0 Å². The van der Waals surface area contributed by atoms with Crippen molar-refractivity contribution >= 4 is 12.0 Å². The van der Waals surface area contributed by atoms with E-state index in [1.54, 1.807) is 0 Å². The molecular formula is C13H24N2O5. The van der Waals surface area contributed by atoms with Crippen LogP contribution in [0.1, 0.15) is 27.2 Å². The molecular weight excluding hydrogens is 264 g/mol. The van der Waals surface area contributed by atoms with E-state index in [2.05, 4.69) is 5.32 Å². The molecule has 1 aliphatic rings. The zero-order chi connectivity index (χ0) is 15.3. The Morgan fingerprint density at radius 1 is 1.45 bits per heavy atom. The Balaban J connectivity index is 2.64. The van der Waals surface area contributed by atoms with Crippen LogP contribution in [0.25, 0.3) is 0 Å². The average molecular weight is 288 g/mol. The highest BCUT2D eigenvalue weighted by Crippen LogP contribution is 2.13. The van der Waals surface area contributed by atoms with E-state index in [1.165, 1.54) is 4.90 Å². The average Bonchev–Trinajstić information content (AvgIpc) is 2.37. The van der Waals surface area contributed by atoms with Crippen LogP contribution in [0, 0.1) is 5.92 Å². The number of morpholine rings is 1. The third-order valence-electron chi connectivity index (χ3n) is 3.27. The second-order valence-electron chi connectivity index (χ2n) is 5.61. The van der Waals surface area contributed by atoms with Crippen molar-refractivity contribution in [2.45, 2.75) is 45.4 Å². The number of aliphatic hydroxyl groups excluding tert-OH is 1. The lowest BCUT2D eigenvalue weighted by atomic mass is 10.0. The maximum atomic E-state index is 12.2. The molecule has 0 bridgehead atoms. The third-order valence-corrected chi connectivity index (χ3v) is 3.27. The Hall–Kier alpha value is -1.34. The Morgan fingerprint density at radius 3 is 2.60 bits per heavy atom. The highest BCUT2D eigenvalue weighted by molar-refractivity contribution is 5.82. The molecule has 3 atom stereocenters. The maximum absolute atomic E-state index is 12.2. The molecule has 116 valence electrons. The van der Waals surface area contributed by atoms with Crippen LogP contribution in [0.5, 0.6) is 0 Å². The summed E-state index contributed by atoms with van der Waals surface area (Å²) in [6.07, 6.45) is -0.0335. The molecule has 0 aromatic carbocycles. The van der Waals surface area contributed by atoms with Crippen molar-refractivity contribution in [1.82, 2.24) is 10.2 Å². The van der Waals surface area contributed by atoms with Crippen LogP contribution in [-0.2, 0) is 9.53 Å². The summed E-state index contributed by atoms with van der Waals surface area (Å²) < 4.78 is 5.35. The smallest absolute Gasteiger partial charge is 0.326 e. The molecule has 7 heteroatoms. The normalized spacial score (nSPS) is 24.6. The fourth-order valence-corrected chi connectivity index (χ4v) is 2.14. The number of urea groups is 1. The summed E-state index contributed by atoms with van der Waals surface area (Å²) in [5.74, 6) is -0.865. The SMILES string of the molecule is CC(C)CC(NC(=O)N1CC(CO)OCC1C)C(=O)O. The molecule has 20 heavy (non-hydrogen) atoms. The highest BCUT2D eigenvalue weighted by Gasteiger charge is 2.31. The monoisotopic (exact) mass is 288 g/mol. The predicted octanol–water partition coefficient (Wildman–Crippen LogP) is 0.277. The number of carbonyl (C=O) groups is 2. The van der Waals surface area contributed by atoms with Gasteiger partial charge in [-0.2, -0.15) is 0 Å². The number of aliphatic carboxylic acids is 1. The fourth-order valence-electron chi connectivity index (χ4n) is 2.14. The van der Waals surface area contributed by atoms with Crippen molar-refractivity contribution in [1.29, 1.82) is 0 Å². The lowest BCUT2D eigenvalue weighted by Crippen LogP contribution is -2.57. The van der Waals surface area contributed by atoms with Gasteiger partial charge >= 0.3 is 12.0 Å². The standard InChI is InChI=1S/C13H24N2O5/c1-8(2)4-11(12(17)18)14-13(19)15-5-10(6-16)20-7-9(15)3/h8-11,16H,4-7H2,1-3H3,(H,14,19)(H,17,18). The van der Waals surface area contributed by atoms with Gasteiger partial charge in [0.25, 0.3) is 0 Å². The van der Waals surface area contributed by atoms with Crippen LogP contribution in [-0.4, -0.2) is 65.1 Å². The number of ether oxygens (including phenoxy) is 1. The van der Waals surface area contributed by atoms with E-state index < -0.39 is 24.1 Å². The fraction of sp³-hybridized carbons (Fsp3) is 0.846. The van der Waals surface area contributed by atoms with Gasteiger partial charge in [0.05, 0.1) is 31.9 Å². The molecule has 0 aromatic rings. The molecule has 7 nitrogen and oxygen atoms in total. The number of carboxylic acids is 1. The summed E-state index contributed by atoms with van der Waals surface area (Å²) in [7, 11) is 0. The molecule has 0 radical (unpaired) electrons. The van der Waals surface area contributed by atoms with Crippen LogP contribution in [0.4, 0.5) is 4.79 Å². The van der Waals surface area contributed by atoms with Gasteiger partial charge in [-0.1, -0.05) is 13.8 Å². The van der Waals surface area contributed by atoms with E-state index in [4.69, 9.17) is 14.9 Å². The van der Waals surface area contributed by atoms with Crippen LogP contribution in [0.3, 0.4) is 0 Å². The third kappa shape index (κ3) is 4.64. The molecule has 0 aromatic heterocycles. The predicted molar refractivity (Wildman–Crippen MR) is 72.4 cm³/mol. The Bertz CT molecular complexity index is 348. The number of hydrogen-bond donors (Lipinski definition) is 3. The summed E-state index contributed by atoms with van der Waals surface area (Å²) in [6, 6.07) is -1.47. The first-order valence-electron chi connectivity index (χ1n) is 6.87. The Labute approximate surface area is 118 Å². The first-order chi connectivity index (χ1) is 9.35. The molecule has 1 heterocycles. The van der Waals surface area contributed by atoms with E-state index >= 15 is 0 Å². The molecule has 1 saturated heterocycles. The number of nitrogens with one attached hydrogen (secondary N) is 1. The van der Waals surface area contributed by atoms with Gasteiger partial charge in [0.1, 0.15) is 6.04 Å². The minimum atomic E-state index is -1.04. The Morgan fingerprint density at radius 2 is 2.10 bits per heavy atom. The van der Waals surface area contributed by atoms with E-state index in [1.807, 2.05) is 20.8 Å². The molecule has 1 fully saturated rings. The number of amides is 2. The van der Waals surface area contributed by atoms with Gasteiger partial charge in [0, 0.05) is 0 Å². The summed E-state index contributed by atoms with van der Waals surface area (Å²) in [6.45, 7) is 6.07. The van der Waals surface area contributed by atoms with E-state index in [-0.39, 0.29) is 25.1 Å². The highest BCUT2D eigenvalue weighted by atomic mass is 16.5. The minimum absolute atomic E-state index is 0.147. The van der Waals surface area contributed by atoms with E-state index in [9.17, 15) is 9.59 Å².